The normalized spacial score (nSPS) is 24.9. The lowest BCUT2D eigenvalue weighted by Crippen LogP contribution is -2.48. The third kappa shape index (κ3) is 2.60. The van der Waals surface area contributed by atoms with Gasteiger partial charge < -0.3 is 5.32 Å². The van der Waals surface area contributed by atoms with E-state index in [1.807, 2.05) is 0 Å². The molecule has 2 aliphatic heterocycles. The molecule has 0 spiro atoms. The Kier molecular flexibility index (Phi) is 4.08. The Morgan fingerprint density at radius 1 is 1.35 bits per heavy atom. The molecule has 1 unspecified atom stereocenters. The number of nitrogens with one attached hydrogen (secondary N) is 1. The van der Waals surface area contributed by atoms with Crippen molar-refractivity contribution in [3.63, 3.8) is 0 Å². The first-order chi connectivity index (χ1) is 9.77. The number of pyridine rings is 1. The summed E-state index contributed by atoms with van der Waals surface area (Å²) in [5, 5.41) is 3.34. The molecular formula is C15H20FN3O. The van der Waals surface area contributed by atoms with Gasteiger partial charge in [-0.2, -0.15) is 0 Å². The van der Waals surface area contributed by atoms with Gasteiger partial charge in [-0.25, -0.2) is 4.39 Å². The summed E-state index contributed by atoms with van der Waals surface area (Å²) in [6.07, 6.45) is 6.61. The van der Waals surface area contributed by atoms with Crippen molar-refractivity contribution >= 4 is 5.78 Å². The predicted octanol–water partition coefficient (Wildman–Crippen LogP) is 1.62. The quantitative estimate of drug-likeness (QED) is 0.853. The zero-order valence-electron chi connectivity index (χ0n) is 11.5. The monoisotopic (exact) mass is 277 g/mol. The SMILES string of the molecule is O=C(c1ccncc1F)C1CCCN1C1CCNCC1. The van der Waals surface area contributed by atoms with Gasteiger partial charge in [0.25, 0.3) is 0 Å². The second-order valence-electron chi connectivity index (χ2n) is 5.60. The molecule has 0 aromatic carbocycles. The Balaban J connectivity index is 1.78. The molecule has 3 heterocycles. The highest BCUT2D eigenvalue weighted by Gasteiger charge is 2.36. The summed E-state index contributed by atoms with van der Waals surface area (Å²) >= 11 is 0. The minimum Gasteiger partial charge on any atom is -0.317 e. The number of hydrogen-bond acceptors (Lipinski definition) is 4. The number of halogens is 1. The maximum atomic E-state index is 13.8. The lowest BCUT2D eigenvalue weighted by Gasteiger charge is -2.35. The van der Waals surface area contributed by atoms with Gasteiger partial charge >= 0.3 is 0 Å². The largest absolute Gasteiger partial charge is 0.317 e. The lowest BCUT2D eigenvalue weighted by molar-refractivity contribution is 0.0779. The van der Waals surface area contributed by atoms with Crippen molar-refractivity contribution in [1.82, 2.24) is 15.2 Å². The van der Waals surface area contributed by atoms with Crippen LogP contribution in [0.15, 0.2) is 18.5 Å². The van der Waals surface area contributed by atoms with E-state index in [9.17, 15) is 9.18 Å². The van der Waals surface area contributed by atoms with Gasteiger partial charge in [-0.05, 0) is 51.4 Å². The van der Waals surface area contributed by atoms with E-state index in [1.165, 1.54) is 12.3 Å². The number of carbonyl (C=O) groups is 1. The second kappa shape index (κ2) is 5.97. The summed E-state index contributed by atoms with van der Waals surface area (Å²) in [4.78, 5) is 18.6. The fraction of sp³-hybridized carbons (Fsp3) is 0.600. The molecule has 0 bridgehead atoms. The van der Waals surface area contributed by atoms with E-state index in [0.29, 0.717) is 6.04 Å². The fourth-order valence-electron chi connectivity index (χ4n) is 3.40. The number of hydrogen-bond donors (Lipinski definition) is 1. The average Bonchev–Trinajstić information content (AvgIpc) is 2.97. The van der Waals surface area contributed by atoms with Crippen molar-refractivity contribution in [1.29, 1.82) is 0 Å². The molecule has 4 nitrogen and oxygen atoms in total. The Morgan fingerprint density at radius 2 is 2.15 bits per heavy atom. The molecule has 108 valence electrons. The maximum absolute atomic E-state index is 13.8. The second-order valence-corrected chi connectivity index (χ2v) is 5.60. The van der Waals surface area contributed by atoms with Gasteiger partial charge in [-0.3, -0.25) is 14.7 Å². The Morgan fingerprint density at radius 3 is 2.90 bits per heavy atom. The summed E-state index contributed by atoms with van der Waals surface area (Å²) in [6.45, 7) is 2.96. The van der Waals surface area contributed by atoms with Crippen LogP contribution in [-0.2, 0) is 0 Å². The molecule has 1 aromatic heterocycles. The third-order valence-corrected chi connectivity index (χ3v) is 4.41. The van der Waals surface area contributed by atoms with Gasteiger partial charge in [0.15, 0.2) is 11.6 Å². The van der Waals surface area contributed by atoms with Crippen LogP contribution in [0, 0.1) is 5.82 Å². The third-order valence-electron chi connectivity index (χ3n) is 4.41. The molecule has 5 heteroatoms. The first-order valence-electron chi connectivity index (χ1n) is 7.37. The molecule has 0 saturated carbocycles. The van der Waals surface area contributed by atoms with Gasteiger partial charge in [0.1, 0.15) is 0 Å². The van der Waals surface area contributed by atoms with Crippen LogP contribution in [0.25, 0.3) is 0 Å². The molecule has 0 aliphatic carbocycles. The highest BCUT2D eigenvalue weighted by Crippen LogP contribution is 2.27. The molecule has 20 heavy (non-hydrogen) atoms. The van der Waals surface area contributed by atoms with E-state index in [2.05, 4.69) is 15.2 Å². The summed E-state index contributed by atoms with van der Waals surface area (Å²) in [5.74, 6) is -0.587. The van der Waals surface area contributed by atoms with Crippen molar-refractivity contribution in [2.75, 3.05) is 19.6 Å². The van der Waals surface area contributed by atoms with Crippen LogP contribution in [-0.4, -0.2) is 47.4 Å². The van der Waals surface area contributed by atoms with Gasteiger partial charge in [-0.15, -0.1) is 0 Å². The smallest absolute Gasteiger partial charge is 0.183 e. The average molecular weight is 277 g/mol. The number of piperidine rings is 1. The summed E-state index contributed by atoms with van der Waals surface area (Å²) < 4.78 is 13.8. The van der Waals surface area contributed by atoms with Gasteiger partial charge in [0.05, 0.1) is 17.8 Å². The van der Waals surface area contributed by atoms with E-state index in [1.54, 1.807) is 0 Å². The van der Waals surface area contributed by atoms with E-state index in [4.69, 9.17) is 0 Å². The van der Waals surface area contributed by atoms with Crippen LogP contribution in [0.3, 0.4) is 0 Å². The topological polar surface area (TPSA) is 45.2 Å². The van der Waals surface area contributed by atoms with Crippen molar-refractivity contribution in [2.45, 2.75) is 37.8 Å². The first-order valence-corrected chi connectivity index (χ1v) is 7.37. The molecular weight excluding hydrogens is 257 g/mol. The first kappa shape index (κ1) is 13.6. The van der Waals surface area contributed by atoms with Gasteiger partial charge in [-0.1, -0.05) is 0 Å². The molecule has 2 fully saturated rings. The Labute approximate surface area is 118 Å². The summed E-state index contributed by atoms with van der Waals surface area (Å²) in [6, 6.07) is 1.80. The molecule has 2 saturated heterocycles. The van der Waals surface area contributed by atoms with Crippen molar-refractivity contribution in [3.8, 4) is 0 Å². The number of ketones is 1. The molecule has 1 atom stereocenters. The fourth-order valence-corrected chi connectivity index (χ4v) is 3.40. The number of aromatic nitrogens is 1. The molecule has 1 N–H and O–H groups in total. The maximum Gasteiger partial charge on any atom is 0.183 e. The zero-order valence-corrected chi connectivity index (χ0v) is 11.5. The van der Waals surface area contributed by atoms with E-state index >= 15 is 0 Å². The summed E-state index contributed by atoms with van der Waals surface area (Å²) in [5.41, 5.74) is 0.186. The predicted molar refractivity (Wildman–Crippen MR) is 74.1 cm³/mol. The van der Waals surface area contributed by atoms with Crippen LogP contribution in [0.4, 0.5) is 4.39 Å². The van der Waals surface area contributed by atoms with Gasteiger partial charge in [0, 0.05) is 12.2 Å². The van der Waals surface area contributed by atoms with Gasteiger partial charge in [0.2, 0.25) is 0 Å². The summed E-state index contributed by atoms with van der Waals surface area (Å²) in [7, 11) is 0. The van der Waals surface area contributed by atoms with E-state index in [0.717, 1.165) is 51.5 Å². The number of likely N-dealkylation sites (tertiary alicyclic amines) is 1. The Hall–Kier alpha value is -1.33. The van der Waals surface area contributed by atoms with Crippen LogP contribution < -0.4 is 5.32 Å². The minimum absolute atomic E-state index is 0.0825. The van der Waals surface area contributed by atoms with Crippen LogP contribution in [0.2, 0.25) is 0 Å². The number of carbonyl (C=O) groups excluding carboxylic acids is 1. The zero-order chi connectivity index (χ0) is 13.9. The van der Waals surface area contributed by atoms with E-state index < -0.39 is 5.82 Å². The number of Topliss-reactive ketones (excluding diaryl/α,β-unsaturated/α-hetero) is 1. The highest BCUT2D eigenvalue weighted by atomic mass is 19.1. The van der Waals surface area contributed by atoms with Crippen molar-refractivity contribution in [2.24, 2.45) is 0 Å². The van der Waals surface area contributed by atoms with Crippen LogP contribution in [0.1, 0.15) is 36.0 Å². The minimum atomic E-state index is -0.505. The Bertz CT molecular complexity index is 488. The van der Waals surface area contributed by atoms with E-state index in [-0.39, 0.29) is 17.4 Å². The molecule has 1 aromatic rings. The van der Waals surface area contributed by atoms with Crippen molar-refractivity contribution in [3.05, 3.63) is 29.8 Å². The molecule has 0 amide bonds. The molecule has 3 rings (SSSR count). The number of rotatable bonds is 3. The highest BCUT2D eigenvalue weighted by molar-refractivity contribution is 6.00. The van der Waals surface area contributed by atoms with Crippen molar-refractivity contribution < 1.29 is 9.18 Å². The lowest BCUT2D eigenvalue weighted by atomic mass is 9.99. The van der Waals surface area contributed by atoms with Crippen LogP contribution >= 0.6 is 0 Å². The number of nitrogens with zero attached hydrogens (tertiary/aromatic N) is 2. The standard InChI is InChI=1S/C15H20FN3O/c16-13-10-18-8-5-12(13)15(20)14-2-1-9-19(14)11-3-6-17-7-4-11/h5,8,10-11,14,17H,1-4,6-7,9H2. The van der Waals surface area contributed by atoms with Crippen LogP contribution in [0.5, 0.6) is 0 Å². The molecule has 0 radical (unpaired) electrons. The molecule has 2 aliphatic rings.